The van der Waals surface area contributed by atoms with Crippen LogP contribution in [0.2, 0.25) is 0 Å². The van der Waals surface area contributed by atoms with E-state index in [0.717, 1.165) is 19.3 Å². The fourth-order valence-corrected chi connectivity index (χ4v) is 1.96. The lowest BCUT2D eigenvalue weighted by Crippen LogP contribution is -2.02. The second-order valence-corrected chi connectivity index (χ2v) is 4.37. The third kappa shape index (κ3) is 3.99. The molecule has 1 heterocycles. The van der Waals surface area contributed by atoms with Gasteiger partial charge < -0.3 is 0 Å². The molecule has 0 radical (unpaired) electrons. The van der Waals surface area contributed by atoms with Crippen LogP contribution in [0.15, 0.2) is 11.4 Å². The molecule has 1 aromatic heterocycles. The van der Waals surface area contributed by atoms with Gasteiger partial charge in [-0.2, -0.15) is 5.10 Å². The summed E-state index contributed by atoms with van der Waals surface area (Å²) in [7, 11) is 0. The number of terminal acetylenes is 1. The second kappa shape index (κ2) is 6.96. The number of carbonyl (C=O) groups is 1. The summed E-state index contributed by atoms with van der Waals surface area (Å²) in [5.74, 6) is 2.69. The lowest BCUT2D eigenvalue weighted by atomic mass is 10.2. The molecule has 5 heteroatoms. The maximum Gasteiger partial charge on any atom is 0.210 e. The summed E-state index contributed by atoms with van der Waals surface area (Å²) in [5.41, 5.74) is 0.281. The summed E-state index contributed by atoms with van der Waals surface area (Å²) in [6.45, 7) is 2.11. The number of nitrogens with zero attached hydrogens (tertiary/aromatic N) is 3. The van der Waals surface area contributed by atoms with Gasteiger partial charge in [-0.15, -0.1) is 11.5 Å². The van der Waals surface area contributed by atoms with Crippen LogP contribution in [-0.2, 0) is 0 Å². The van der Waals surface area contributed by atoms with Crippen molar-refractivity contribution < 1.29 is 4.79 Å². The van der Waals surface area contributed by atoms with Crippen LogP contribution in [0, 0.1) is 12.3 Å². The first-order valence-electron chi connectivity index (χ1n) is 5.07. The van der Waals surface area contributed by atoms with Crippen LogP contribution in [0.25, 0.3) is 0 Å². The Morgan fingerprint density at radius 3 is 3.12 bits per heavy atom. The molecular weight excluding hydrogens is 222 g/mol. The van der Waals surface area contributed by atoms with E-state index in [4.69, 9.17) is 6.42 Å². The Balaban J connectivity index is 2.63. The molecule has 0 bridgehead atoms. The summed E-state index contributed by atoms with van der Waals surface area (Å²) in [6, 6.07) is 0. The maximum absolute atomic E-state index is 10.5. The average Bonchev–Trinajstić information content (AvgIpc) is 2.34. The molecule has 0 aliphatic rings. The lowest BCUT2D eigenvalue weighted by Gasteiger charge is -2.07. The number of carbonyl (C=O) groups excluding carboxylic acids is 1. The van der Waals surface area contributed by atoms with Gasteiger partial charge in [-0.25, -0.2) is 4.98 Å². The molecule has 0 saturated heterocycles. The van der Waals surface area contributed by atoms with Gasteiger partial charge in [0.05, 0.1) is 11.4 Å². The predicted molar refractivity (Wildman–Crippen MR) is 63.2 cm³/mol. The zero-order chi connectivity index (χ0) is 11.8. The number of aromatic nitrogens is 3. The van der Waals surface area contributed by atoms with Crippen molar-refractivity contribution in [2.24, 2.45) is 0 Å². The van der Waals surface area contributed by atoms with Gasteiger partial charge in [0.2, 0.25) is 5.16 Å². The Bertz CT molecular complexity index is 389. The number of hydrogen-bond donors (Lipinski definition) is 0. The highest BCUT2D eigenvalue weighted by molar-refractivity contribution is 8.00. The van der Waals surface area contributed by atoms with Crippen LogP contribution >= 0.6 is 11.8 Å². The minimum Gasteiger partial charge on any atom is -0.296 e. The molecule has 1 atom stereocenters. The average molecular weight is 235 g/mol. The zero-order valence-electron chi connectivity index (χ0n) is 9.09. The van der Waals surface area contributed by atoms with Gasteiger partial charge in [0, 0.05) is 0 Å². The molecule has 0 amide bonds. The normalized spacial score (nSPS) is 11.8. The Hall–Kier alpha value is -1.41. The number of rotatable bonds is 6. The van der Waals surface area contributed by atoms with Gasteiger partial charge in [0.1, 0.15) is 5.69 Å². The Morgan fingerprint density at radius 2 is 2.50 bits per heavy atom. The quantitative estimate of drug-likeness (QED) is 0.428. The van der Waals surface area contributed by atoms with Crippen LogP contribution in [0.1, 0.15) is 36.7 Å². The van der Waals surface area contributed by atoms with Crippen LogP contribution in [0.3, 0.4) is 0 Å². The van der Waals surface area contributed by atoms with Crippen molar-refractivity contribution in [1.29, 1.82) is 0 Å². The molecular formula is C11H13N3OS. The lowest BCUT2D eigenvalue weighted by molar-refractivity contribution is 0.111. The van der Waals surface area contributed by atoms with Crippen molar-refractivity contribution in [2.45, 2.75) is 36.6 Å². The molecule has 0 aliphatic carbocycles. The Labute approximate surface area is 99.3 Å². The van der Waals surface area contributed by atoms with Crippen LogP contribution in [0.5, 0.6) is 0 Å². The summed E-state index contributed by atoms with van der Waals surface area (Å²) in [5, 5.41) is 8.03. The first-order chi connectivity index (χ1) is 7.80. The maximum atomic E-state index is 10.5. The molecule has 1 unspecified atom stereocenters. The van der Waals surface area contributed by atoms with Crippen molar-refractivity contribution in [3.05, 3.63) is 11.9 Å². The minimum atomic E-state index is 0.0450. The van der Waals surface area contributed by atoms with Gasteiger partial charge in [-0.3, -0.25) is 4.79 Å². The minimum absolute atomic E-state index is 0.0450. The van der Waals surface area contributed by atoms with E-state index in [1.54, 1.807) is 0 Å². The highest BCUT2D eigenvalue weighted by Gasteiger charge is 2.09. The molecule has 16 heavy (non-hydrogen) atoms. The number of thioether (sulfide) groups is 1. The van der Waals surface area contributed by atoms with Crippen molar-refractivity contribution in [3.63, 3.8) is 0 Å². The molecule has 1 rings (SSSR count). The third-order valence-electron chi connectivity index (χ3n) is 1.93. The fraction of sp³-hybridized carbons (Fsp3) is 0.455. The molecule has 0 saturated carbocycles. The van der Waals surface area contributed by atoms with Gasteiger partial charge in [0.25, 0.3) is 0 Å². The van der Waals surface area contributed by atoms with Crippen LogP contribution < -0.4 is 0 Å². The summed E-state index contributed by atoms with van der Waals surface area (Å²) in [6.07, 6.45) is 10.5. The SMILES string of the molecule is C#CC(CCCC)Sc1nncc(C=O)n1. The van der Waals surface area contributed by atoms with E-state index in [2.05, 4.69) is 28.0 Å². The van der Waals surface area contributed by atoms with Crippen molar-refractivity contribution in [3.8, 4) is 12.3 Å². The van der Waals surface area contributed by atoms with E-state index in [1.165, 1.54) is 18.0 Å². The fourth-order valence-electron chi connectivity index (χ4n) is 1.10. The first kappa shape index (κ1) is 12.7. The van der Waals surface area contributed by atoms with Gasteiger partial charge in [-0.05, 0) is 6.42 Å². The second-order valence-electron chi connectivity index (χ2n) is 3.20. The van der Waals surface area contributed by atoms with Crippen LogP contribution in [0.4, 0.5) is 0 Å². The zero-order valence-corrected chi connectivity index (χ0v) is 9.91. The van der Waals surface area contributed by atoms with E-state index >= 15 is 0 Å². The van der Waals surface area contributed by atoms with Gasteiger partial charge in [0.15, 0.2) is 6.29 Å². The highest BCUT2D eigenvalue weighted by atomic mass is 32.2. The Kier molecular flexibility index (Phi) is 5.51. The molecule has 1 aromatic rings. The molecule has 0 fully saturated rings. The molecule has 0 N–H and O–H groups in total. The van der Waals surface area contributed by atoms with E-state index in [1.807, 2.05) is 0 Å². The number of hydrogen-bond acceptors (Lipinski definition) is 5. The largest absolute Gasteiger partial charge is 0.296 e. The summed E-state index contributed by atoms with van der Waals surface area (Å²) < 4.78 is 0. The van der Waals surface area contributed by atoms with E-state index < -0.39 is 0 Å². The monoisotopic (exact) mass is 235 g/mol. The van der Waals surface area contributed by atoms with E-state index in [-0.39, 0.29) is 10.9 Å². The Morgan fingerprint density at radius 1 is 1.69 bits per heavy atom. The molecule has 0 spiro atoms. The standard InChI is InChI=1S/C11H13N3OS/c1-3-5-6-10(4-2)16-11-13-9(8-15)7-12-14-11/h2,7-8,10H,3,5-6H2,1H3. The molecule has 0 aromatic carbocycles. The molecule has 84 valence electrons. The number of unbranched alkanes of at least 4 members (excludes halogenated alkanes) is 1. The van der Waals surface area contributed by atoms with Crippen molar-refractivity contribution >= 4 is 18.0 Å². The van der Waals surface area contributed by atoms with Crippen molar-refractivity contribution in [2.75, 3.05) is 0 Å². The van der Waals surface area contributed by atoms with E-state index in [9.17, 15) is 4.79 Å². The molecule has 0 aliphatic heterocycles. The summed E-state index contributed by atoms with van der Waals surface area (Å²) >= 11 is 1.38. The third-order valence-corrected chi connectivity index (χ3v) is 2.97. The summed E-state index contributed by atoms with van der Waals surface area (Å²) in [4.78, 5) is 14.5. The van der Waals surface area contributed by atoms with Gasteiger partial charge >= 0.3 is 0 Å². The van der Waals surface area contributed by atoms with Crippen LogP contribution in [-0.4, -0.2) is 26.7 Å². The predicted octanol–water partition coefficient (Wildman–Crippen LogP) is 1.97. The number of aldehydes is 1. The first-order valence-corrected chi connectivity index (χ1v) is 5.95. The topological polar surface area (TPSA) is 55.7 Å². The smallest absolute Gasteiger partial charge is 0.210 e. The van der Waals surface area contributed by atoms with Gasteiger partial charge in [-0.1, -0.05) is 37.4 Å². The molecule has 4 nitrogen and oxygen atoms in total. The highest BCUT2D eigenvalue weighted by Crippen LogP contribution is 2.22. The van der Waals surface area contributed by atoms with E-state index in [0.29, 0.717) is 11.4 Å². The van der Waals surface area contributed by atoms with Crippen molar-refractivity contribution in [1.82, 2.24) is 15.2 Å².